The number of nitrogens with one attached hydrogen (secondary N) is 1. The Morgan fingerprint density at radius 3 is 2.46 bits per heavy atom. The summed E-state index contributed by atoms with van der Waals surface area (Å²) < 4.78 is 4.65. The Morgan fingerprint density at radius 1 is 1.62 bits per heavy atom. The molecule has 74 valence electrons. The number of esters is 1. The van der Waals surface area contributed by atoms with Crippen LogP contribution in [0.15, 0.2) is 0 Å². The van der Waals surface area contributed by atoms with E-state index in [4.69, 9.17) is 5.73 Å². The lowest BCUT2D eigenvalue weighted by Crippen LogP contribution is -2.48. The first kappa shape index (κ1) is 11.8. The molecule has 0 aromatic rings. The van der Waals surface area contributed by atoms with Gasteiger partial charge in [0.05, 0.1) is 6.61 Å². The summed E-state index contributed by atoms with van der Waals surface area (Å²) in [5.41, 5.74) is 5.23. The van der Waals surface area contributed by atoms with Crippen LogP contribution in [0.4, 0.5) is 0 Å². The van der Waals surface area contributed by atoms with E-state index in [1.54, 1.807) is 6.92 Å². The van der Waals surface area contributed by atoms with Crippen molar-refractivity contribution < 1.29 is 14.3 Å². The Balaban J connectivity index is 4.32. The van der Waals surface area contributed by atoms with Gasteiger partial charge in [-0.25, -0.2) is 4.79 Å². The molecule has 0 fully saturated rings. The summed E-state index contributed by atoms with van der Waals surface area (Å²) in [6, 6.07) is -1.02. The largest absolute Gasteiger partial charge is 0.464 e. The number of carbonyl (C=O) groups is 2. The van der Waals surface area contributed by atoms with E-state index in [2.05, 4.69) is 22.3 Å². The van der Waals surface area contributed by atoms with Crippen molar-refractivity contribution >= 4 is 29.1 Å². The van der Waals surface area contributed by atoms with Crippen LogP contribution in [0.5, 0.6) is 0 Å². The van der Waals surface area contributed by atoms with Gasteiger partial charge in [-0.3, -0.25) is 4.79 Å². The molecule has 0 aliphatic heterocycles. The first-order valence-electron chi connectivity index (χ1n) is 3.72. The maximum absolute atomic E-state index is 11.1. The summed E-state index contributed by atoms with van der Waals surface area (Å²) in [5, 5.41) is 2.28. The number of ether oxygens (including phenoxy) is 1. The van der Waals surface area contributed by atoms with Gasteiger partial charge in [0, 0.05) is 6.92 Å². The highest BCUT2D eigenvalue weighted by Gasteiger charge is 2.23. The van der Waals surface area contributed by atoms with E-state index in [1.165, 1.54) is 6.92 Å². The zero-order valence-electron chi connectivity index (χ0n) is 7.49. The highest BCUT2D eigenvalue weighted by atomic mass is 32.1. The minimum absolute atomic E-state index is 0.103. The summed E-state index contributed by atoms with van der Waals surface area (Å²) in [5.74, 6) is -1.02. The molecule has 0 aromatic heterocycles. The molecular weight excluding hydrogens is 192 g/mol. The first-order valence-corrected chi connectivity index (χ1v) is 4.13. The first-order chi connectivity index (χ1) is 5.99. The predicted octanol–water partition coefficient (Wildman–Crippen LogP) is -0.660. The average molecular weight is 204 g/mol. The molecule has 1 amide bonds. The van der Waals surface area contributed by atoms with Gasteiger partial charge in [-0.05, 0) is 6.92 Å². The molecule has 0 saturated carbocycles. The monoisotopic (exact) mass is 204 g/mol. The van der Waals surface area contributed by atoms with Gasteiger partial charge in [0.25, 0.3) is 0 Å². The molecule has 5 nitrogen and oxygen atoms in total. The molecule has 0 rings (SSSR count). The van der Waals surface area contributed by atoms with Gasteiger partial charge in [-0.2, -0.15) is 0 Å². The summed E-state index contributed by atoms with van der Waals surface area (Å²) in [6.45, 7) is 3.14. The molecule has 6 heteroatoms. The second-order valence-electron chi connectivity index (χ2n) is 2.29. The highest BCUT2D eigenvalue weighted by Crippen LogP contribution is 1.90. The quantitative estimate of drug-likeness (QED) is 0.469. The number of amides is 1. The van der Waals surface area contributed by atoms with E-state index in [-0.39, 0.29) is 17.5 Å². The molecule has 1 unspecified atom stereocenters. The number of rotatable bonds is 4. The van der Waals surface area contributed by atoms with Gasteiger partial charge in [-0.1, -0.05) is 12.2 Å². The third kappa shape index (κ3) is 4.41. The molecule has 0 saturated heterocycles. The van der Waals surface area contributed by atoms with Gasteiger partial charge >= 0.3 is 5.97 Å². The van der Waals surface area contributed by atoms with Crippen LogP contribution in [-0.4, -0.2) is 29.5 Å². The Bertz CT molecular complexity index is 230. The molecular formula is C7H12N2O3S. The SMILES string of the molecule is CCOC(=O)C(NC(C)=O)C(N)=S. The van der Waals surface area contributed by atoms with Crippen LogP contribution in [0.25, 0.3) is 0 Å². The van der Waals surface area contributed by atoms with Crippen LogP contribution in [0.3, 0.4) is 0 Å². The van der Waals surface area contributed by atoms with Crippen molar-refractivity contribution in [2.24, 2.45) is 5.73 Å². The van der Waals surface area contributed by atoms with E-state index in [1.807, 2.05) is 0 Å². The average Bonchev–Trinajstić information content (AvgIpc) is 1.99. The van der Waals surface area contributed by atoms with E-state index in [9.17, 15) is 9.59 Å². The third-order valence-electron chi connectivity index (χ3n) is 1.15. The summed E-state index contributed by atoms with van der Waals surface area (Å²) in [6.07, 6.45) is 0. The fourth-order valence-corrected chi connectivity index (χ4v) is 0.830. The van der Waals surface area contributed by atoms with Crippen molar-refractivity contribution in [2.45, 2.75) is 19.9 Å². The van der Waals surface area contributed by atoms with Crippen molar-refractivity contribution in [2.75, 3.05) is 6.61 Å². The number of thiocarbonyl (C=S) groups is 1. The molecule has 0 aliphatic carbocycles. The van der Waals surface area contributed by atoms with Crippen LogP contribution in [0.2, 0.25) is 0 Å². The minimum atomic E-state index is -1.02. The van der Waals surface area contributed by atoms with Crippen molar-refractivity contribution in [3.8, 4) is 0 Å². The maximum atomic E-state index is 11.1. The van der Waals surface area contributed by atoms with Crippen LogP contribution < -0.4 is 11.1 Å². The number of nitrogens with two attached hydrogens (primary N) is 1. The van der Waals surface area contributed by atoms with Crippen molar-refractivity contribution in [3.05, 3.63) is 0 Å². The second-order valence-corrected chi connectivity index (χ2v) is 2.76. The van der Waals surface area contributed by atoms with E-state index in [0.29, 0.717) is 0 Å². The predicted molar refractivity (Wildman–Crippen MR) is 51.0 cm³/mol. The van der Waals surface area contributed by atoms with E-state index in [0.717, 1.165) is 0 Å². The summed E-state index contributed by atoms with van der Waals surface area (Å²) in [4.78, 5) is 21.6. The lowest BCUT2D eigenvalue weighted by atomic mass is 10.3. The van der Waals surface area contributed by atoms with Crippen molar-refractivity contribution in [1.29, 1.82) is 0 Å². The summed E-state index contributed by atoms with van der Waals surface area (Å²) in [7, 11) is 0. The lowest BCUT2D eigenvalue weighted by Gasteiger charge is -2.14. The Labute approximate surface area is 81.6 Å². The molecule has 3 N–H and O–H groups in total. The molecule has 0 radical (unpaired) electrons. The maximum Gasteiger partial charge on any atom is 0.335 e. The Kier molecular flexibility index (Phi) is 4.98. The second kappa shape index (κ2) is 5.47. The zero-order chi connectivity index (χ0) is 10.4. The van der Waals surface area contributed by atoms with Crippen LogP contribution in [-0.2, 0) is 14.3 Å². The molecule has 1 atom stereocenters. The van der Waals surface area contributed by atoms with Gasteiger partial charge in [-0.15, -0.1) is 0 Å². The zero-order valence-corrected chi connectivity index (χ0v) is 8.31. The number of hydrogen-bond acceptors (Lipinski definition) is 4. The van der Waals surface area contributed by atoms with Crippen LogP contribution >= 0.6 is 12.2 Å². The van der Waals surface area contributed by atoms with Crippen LogP contribution in [0, 0.1) is 0 Å². The molecule has 0 bridgehead atoms. The Morgan fingerprint density at radius 2 is 2.15 bits per heavy atom. The van der Waals surface area contributed by atoms with Gasteiger partial charge < -0.3 is 15.8 Å². The fraction of sp³-hybridized carbons (Fsp3) is 0.571. The van der Waals surface area contributed by atoms with Gasteiger partial charge in [0.1, 0.15) is 4.99 Å². The number of carbonyl (C=O) groups excluding carboxylic acids is 2. The molecule has 0 aromatic carbocycles. The normalized spacial score (nSPS) is 11.5. The molecule has 0 heterocycles. The van der Waals surface area contributed by atoms with Crippen molar-refractivity contribution in [3.63, 3.8) is 0 Å². The van der Waals surface area contributed by atoms with E-state index < -0.39 is 12.0 Å². The fourth-order valence-electron chi connectivity index (χ4n) is 0.675. The van der Waals surface area contributed by atoms with Gasteiger partial charge in [0.15, 0.2) is 6.04 Å². The summed E-state index contributed by atoms with van der Waals surface area (Å²) >= 11 is 4.59. The molecule has 13 heavy (non-hydrogen) atoms. The third-order valence-corrected chi connectivity index (χ3v) is 1.39. The Hall–Kier alpha value is -1.17. The molecule has 0 aliphatic rings. The highest BCUT2D eigenvalue weighted by molar-refractivity contribution is 7.80. The van der Waals surface area contributed by atoms with E-state index >= 15 is 0 Å². The topological polar surface area (TPSA) is 81.4 Å². The standard InChI is InChI=1S/C7H12N2O3S/c1-3-12-7(11)5(6(8)13)9-4(2)10/h5H,3H2,1-2H3,(H2,8,13)(H,9,10). The van der Waals surface area contributed by atoms with Crippen molar-refractivity contribution in [1.82, 2.24) is 5.32 Å². The van der Waals surface area contributed by atoms with Gasteiger partial charge in [0.2, 0.25) is 5.91 Å². The number of hydrogen-bond donors (Lipinski definition) is 2. The molecule has 0 spiro atoms. The lowest BCUT2D eigenvalue weighted by molar-refractivity contribution is -0.145. The van der Waals surface area contributed by atoms with Crippen LogP contribution in [0.1, 0.15) is 13.8 Å². The smallest absolute Gasteiger partial charge is 0.335 e. The minimum Gasteiger partial charge on any atom is -0.464 e.